The molecule has 76 valence electrons. The normalized spacial score (nSPS) is 16.1. The number of hydrogen-bond acceptors (Lipinski definition) is 0. The molecule has 0 N–H and O–H groups in total. The van der Waals surface area contributed by atoms with Crippen LogP contribution < -0.4 is 0 Å². The zero-order valence-corrected chi connectivity index (χ0v) is 8.89. The van der Waals surface area contributed by atoms with Crippen molar-refractivity contribution in [2.24, 2.45) is 0 Å². The van der Waals surface area contributed by atoms with Crippen molar-refractivity contribution in [3.8, 4) is 0 Å². The van der Waals surface area contributed by atoms with E-state index in [0.717, 1.165) is 12.8 Å². The molecule has 1 aliphatic rings. The Bertz CT molecular complexity index is 382. The minimum atomic E-state index is 0.513. The van der Waals surface area contributed by atoms with Gasteiger partial charge in [-0.15, -0.1) is 6.58 Å². The van der Waals surface area contributed by atoms with Crippen LogP contribution in [0.3, 0.4) is 0 Å². The first-order chi connectivity index (χ1) is 7.42. The first-order valence-corrected chi connectivity index (χ1v) is 5.43. The van der Waals surface area contributed by atoms with Gasteiger partial charge in [-0.3, -0.25) is 0 Å². The summed E-state index contributed by atoms with van der Waals surface area (Å²) in [5.74, 6) is 0.513. The number of allylic oxidation sites excluding steroid dienone is 5. The molecule has 0 spiro atoms. The fourth-order valence-corrected chi connectivity index (χ4v) is 2.08. The first kappa shape index (κ1) is 9.97. The quantitative estimate of drug-likeness (QED) is 0.632. The van der Waals surface area contributed by atoms with Gasteiger partial charge in [0.15, 0.2) is 0 Å². The smallest absolute Gasteiger partial charge is 0.00887 e. The largest absolute Gasteiger partial charge is 0.103 e. The lowest BCUT2D eigenvalue weighted by Crippen LogP contribution is -2.00. The van der Waals surface area contributed by atoms with Crippen LogP contribution in [0.1, 0.15) is 24.3 Å². The predicted molar refractivity (Wildman–Crippen MR) is 65.8 cm³/mol. The Labute approximate surface area is 91.6 Å². The molecule has 0 aromatic heterocycles. The predicted octanol–water partition coefficient (Wildman–Crippen LogP) is 4.23. The van der Waals surface area contributed by atoms with Gasteiger partial charge in [0.05, 0.1) is 0 Å². The molecule has 1 unspecified atom stereocenters. The molecule has 0 heteroatoms. The molecule has 0 amide bonds. The number of hydrogen-bond donors (Lipinski definition) is 0. The van der Waals surface area contributed by atoms with Gasteiger partial charge in [0.1, 0.15) is 0 Å². The summed E-state index contributed by atoms with van der Waals surface area (Å²) < 4.78 is 0. The maximum Gasteiger partial charge on any atom is 0.00887 e. The van der Waals surface area contributed by atoms with E-state index in [0.29, 0.717) is 5.92 Å². The highest BCUT2D eigenvalue weighted by Gasteiger charge is 2.15. The zero-order valence-electron chi connectivity index (χ0n) is 8.89. The summed E-state index contributed by atoms with van der Waals surface area (Å²) in [6.07, 6.45) is 10.7. The second-order valence-electron chi connectivity index (χ2n) is 3.86. The highest BCUT2D eigenvalue weighted by molar-refractivity contribution is 5.35. The van der Waals surface area contributed by atoms with E-state index in [1.165, 1.54) is 11.1 Å². The van der Waals surface area contributed by atoms with Crippen molar-refractivity contribution in [1.82, 2.24) is 0 Å². The Kier molecular flexibility index (Phi) is 3.18. The minimum absolute atomic E-state index is 0.513. The fourth-order valence-electron chi connectivity index (χ4n) is 2.08. The molecule has 1 aliphatic carbocycles. The van der Waals surface area contributed by atoms with Crippen LogP contribution in [0.25, 0.3) is 0 Å². The van der Waals surface area contributed by atoms with Crippen molar-refractivity contribution in [2.75, 3.05) is 0 Å². The van der Waals surface area contributed by atoms with Gasteiger partial charge in [-0.2, -0.15) is 0 Å². The van der Waals surface area contributed by atoms with E-state index in [-0.39, 0.29) is 0 Å². The highest BCUT2D eigenvalue weighted by atomic mass is 14.2. The molecule has 0 nitrogen and oxygen atoms in total. The zero-order chi connectivity index (χ0) is 10.5. The van der Waals surface area contributed by atoms with Crippen LogP contribution in [0.2, 0.25) is 0 Å². The average Bonchev–Trinajstić information content (AvgIpc) is 2.80. The van der Waals surface area contributed by atoms with Crippen molar-refractivity contribution in [3.63, 3.8) is 0 Å². The van der Waals surface area contributed by atoms with E-state index in [2.05, 4.69) is 55.1 Å². The molecular weight excluding hydrogens is 180 g/mol. The lowest BCUT2D eigenvalue weighted by atomic mass is 9.88. The van der Waals surface area contributed by atoms with Crippen LogP contribution in [0.15, 0.2) is 66.8 Å². The van der Waals surface area contributed by atoms with Crippen molar-refractivity contribution in [3.05, 3.63) is 72.4 Å². The molecule has 0 fully saturated rings. The maximum atomic E-state index is 3.85. The lowest BCUT2D eigenvalue weighted by Gasteiger charge is -2.17. The molecular formula is C15H16. The van der Waals surface area contributed by atoms with E-state index in [4.69, 9.17) is 0 Å². The summed E-state index contributed by atoms with van der Waals surface area (Å²) >= 11 is 0. The van der Waals surface area contributed by atoms with Gasteiger partial charge < -0.3 is 0 Å². The van der Waals surface area contributed by atoms with E-state index < -0.39 is 0 Å². The average molecular weight is 196 g/mol. The Morgan fingerprint density at radius 2 is 2.07 bits per heavy atom. The third-order valence-corrected chi connectivity index (χ3v) is 2.85. The van der Waals surface area contributed by atoms with Crippen molar-refractivity contribution < 1.29 is 0 Å². The summed E-state index contributed by atoms with van der Waals surface area (Å²) in [5, 5.41) is 0. The van der Waals surface area contributed by atoms with Crippen LogP contribution in [-0.4, -0.2) is 0 Å². The molecule has 0 saturated heterocycles. The summed E-state index contributed by atoms with van der Waals surface area (Å²) in [7, 11) is 0. The maximum absolute atomic E-state index is 3.85. The second kappa shape index (κ2) is 4.79. The molecule has 15 heavy (non-hydrogen) atoms. The van der Waals surface area contributed by atoms with Gasteiger partial charge in [0, 0.05) is 5.92 Å². The Hall–Kier alpha value is -1.56. The molecule has 0 aliphatic heterocycles. The second-order valence-corrected chi connectivity index (χ2v) is 3.86. The van der Waals surface area contributed by atoms with Crippen molar-refractivity contribution >= 4 is 0 Å². The third-order valence-electron chi connectivity index (χ3n) is 2.85. The lowest BCUT2D eigenvalue weighted by molar-refractivity contribution is 0.793. The molecule has 0 radical (unpaired) electrons. The Morgan fingerprint density at radius 1 is 1.27 bits per heavy atom. The molecule has 1 aromatic carbocycles. The SMILES string of the molecule is C=CCC(C1=CC=CC1)c1ccccc1. The van der Waals surface area contributed by atoms with Crippen LogP contribution >= 0.6 is 0 Å². The van der Waals surface area contributed by atoms with E-state index in [1.807, 2.05) is 6.08 Å². The first-order valence-electron chi connectivity index (χ1n) is 5.43. The monoisotopic (exact) mass is 196 g/mol. The molecule has 2 rings (SSSR count). The summed E-state index contributed by atoms with van der Waals surface area (Å²) in [6, 6.07) is 10.7. The van der Waals surface area contributed by atoms with Crippen LogP contribution in [0.5, 0.6) is 0 Å². The summed E-state index contributed by atoms with van der Waals surface area (Å²) in [4.78, 5) is 0. The molecule has 0 heterocycles. The van der Waals surface area contributed by atoms with Crippen molar-refractivity contribution in [1.29, 1.82) is 0 Å². The van der Waals surface area contributed by atoms with Crippen LogP contribution in [0, 0.1) is 0 Å². The van der Waals surface area contributed by atoms with Gasteiger partial charge in [-0.05, 0) is 18.4 Å². The number of rotatable bonds is 4. The van der Waals surface area contributed by atoms with E-state index in [9.17, 15) is 0 Å². The van der Waals surface area contributed by atoms with Gasteiger partial charge in [0.25, 0.3) is 0 Å². The Morgan fingerprint density at radius 3 is 2.67 bits per heavy atom. The Balaban J connectivity index is 2.24. The van der Waals surface area contributed by atoms with E-state index >= 15 is 0 Å². The molecule has 0 bridgehead atoms. The highest BCUT2D eigenvalue weighted by Crippen LogP contribution is 2.32. The minimum Gasteiger partial charge on any atom is -0.103 e. The van der Waals surface area contributed by atoms with E-state index in [1.54, 1.807) is 0 Å². The summed E-state index contributed by atoms with van der Waals surface area (Å²) in [5.41, 5.74) is 2.90. The standard InChI is InChI=1S/C15H16/c1-2-8-15(14-11-6-7-12-14)13-9-4-3-5-10-13/h2-7,9-11,15H,1,8,12H2. The fraction of sp³-hybridized carbons (Fsp3) is 0.200. The molecule has 1 atom stereocenters. The molecule has 1 aromatic rings. The van der Waals surface area contributed by atoms with Crippen molar-refractivity contribution in [2.45, 2.75) is 18.8 Å². The third kappa shape index (κ3) is 2.27. The van der Waals surface area contributed by atoms with Gasteiger partial charge >= 0.3 is 0 Å². The van der Waals surface area contributed by atoms with Gasteiger partial charge in [0.2, 0.25) is 0 Å². The van der Waals surface area contributed by atoms with Crippen LogP contribution in [0.4, 0.5) is 0 Å². The van der Waals surface area contributed by atoms with Gasteiger partial charge in [-0.25, -0.2) is 0 Å². The summed E-state index contributed by atoms with van der Waals surface area (Å²) in [6.45, 7) is 3.85. The van der Waals surface area contributed by atoms with Crippen LogP contribution in [-0.2, 0) is 0 Å². The number of benzene rings is 1. The van der Waals surface area contributed by atoms with Gasteiger partial charge in [-0.1, -0.05) is 60.2 Å². The topological polar surface area (TPSA) is 0 Å². The molecule has 0 saturated carbocycles.